The summed E-state index contributed by atoms with van der Waals surface area (Å²) in [6, 6.07) is 0. The van der Waals surface area contributed by atoms with Crippen molar-refractivity contribution in [2.24, 2.45) is 0 Å². The van der Waals surface area contributed by atoms with E-state index < -0.39 is 31.4 Å². The zero-order valence-corrected chi connectivity index (χ0v) is 14.2. The second-order valence-electron chi connectivity index (χ2n) is 6.61. The average Bonchev–Trinajstić information content (AvgIpc) is 2.68. The van der Waals surface area contributed by atoms with Crippen LogP contribution in [0.3, 0.4) is 0 Å². The summed E-state index contributed by atoms with van der Waals surface area (Å²) in [4.78, 5) is 13.1. The molecule has 1 amide bonds. The van der Waals surface area contributed by atoms with Crippen LogP contribution in [0.5, 0.6) is 0 Å². The zero-order valence-electron chi connectivity index (χ0n) is 13.3. The predicted molar refractivity (Wildman–Crippen MR) is 88.9 cm³/mol. The van der Waals surface area contributed by atoms with E-state index in [1.807, 2.05) is 0 Å². The van der Waals surface area contributed by atoms with Crippen LogP contribution < -0.4 is 5.32 Å². The van der Waals surface area contributed by atoms with Crippen molar-refractivity contribution in [1.82, 2.24) is 10.2 Å². The topological polar surface area (TPSA) is 82.0 Å². The molecule has 0 aromatic heterocycles. The Morgan fingerprint density at radius 2 is 2.05 bits per heavy atom. The van der Waals surface area contributed by atoms with Crippen LogP contribution in [0, 0.1) is 0 Å². The van der Waals surface area contributed by atoms with Gasteiger partial charge in [0.2, 0.25) is 0 Å². The first-order chi connectivity index (χ1) is 10.1. The third-order valence-corrected chi connectivity index (χ3v) is 5.36. The number of aliphatic hydroxyl groups is 2. The maximum atomic E-state index is 11.6. The lowest BCUT2D eigenvalue weighted by Gasteiger charge is -2.34. The molecule has 0 aliphatic carbocycles. The fourth-order valence-electron chi connectivity index (χ4n) is 2.54. The fourth-order valence-corrected chi connectivity index (χ4v) is 3.49. The van der Waals surface area contributed by atoms with Crippen molar-refractivity contribution in [3.05, 3.63) is 24.2 Å². The molecule has 1 saturated heterocycles. The molecule has 2 aliphatic rings. The number of aliphatic hydroxyl groups excluding tert-OH is 2. The highest BCUT2D eigenvalue weighted by Crippen LogP contribution is 2.38. The molecule has 0 saturated carbocycles. The number of hydrogen-bond acceptors (Lipinski definition) is 5. The zero-order chi connectivity index (χ0) is 16.7. The SMILES string of the molecule is C=C1NC(=O)C(C)=CN1C1OC(CCP(=C)(C)C)[C@@H](O)[C@H]1O. The molecule has 6 nitrogen and oxygen atoms in total. The van der Waals surface area contributed by atoms with Gasteiger partial charge in [-0.3, -0.25) is 4.79 Å². The van der Waals surface area contributed by atoms with Crippen LogP contribution in [0.2, 0.25) is 0 Å². The number of carbonyl (C=O) groups is 1. The Bertz CT molecular complexity index is 554. The maximum absolute atomic E-state index is 11.6. The van der Waals surface area contributed by atoms with E-state index in [9.17, 15) is 15.0 Å². The molecule has 7 heteroatoms. The largest absolute Gasteiger partial charge is 0.388 e. The van der Waals surface area contributed by atoms with Crippen LogP contribution in [0.15, 0.2) is 24.2 Å². The number of nitrogens with one attached hydrogen (secondary N) is 1. The van der Waals surface area contributed by atoms with Gasteiger partial charge in [-0.15, -0.1) is 13.2 Å². The van der Waals surface area contributed by atoms with Crippen molar-refractivity contribution in [2.45, 2.75) is 37.9 Å². The van der Waals surface area contributed by atoms with Gasteiger partial charge in [0.1, 0.15) is 18.0 Å². The van der Waals surface area contributed by atoms with Crippen LogP contribution >= 0.6 is 6.89 Å². The van der Waals surface area contributed by atoms with Crippen LogP contribution in [-0.2, 0) is 9.53 Å². The molecule has 2 unspecified atom stereocenters. The summed E-state index contributed by atoms with van der Waals surface area (Å²) in [6.07, 6.45) is 4.03. The van der Waals surface area contributed by atoms with Gasteiger partial charge >= 0.3 is 0 Å². The van der Waals surface area contributed by atoms with Crippen molar-refractivity contribution in [3.63, 3.8) is 0 Å². The molecule has 1 fully saturated rings. The van der Waals surface area contributed by atoms with E-state index in [-0.39, 0.29) is 5.91 Å². The lowest BCUT2D eigenvalue weighted by atomic mass is 10.1. The van der Waals surface area contributed by atoms with E-state index in [1.54, 1.807) is 18.0 Å². The van der Waals surface area contributed by atoms with Gasteiger partial charge < -0.3 is 25.2 Å². The first-order valence-electron chi connectivity index (χ1n) is 7.26. The molecule has 0 spiro atoms. The Kier molecular flexibility index (Phi) is 4.87. The van der Waals surface area contributed by atoms with Crippen molar-refractivity contribution in [2.75, 3.05) is 19.5 Å². The summed E-state index contributed by atoms with van der Waals surface area (Å²) in [5, 5.41) is 23.1. The Morgan fingerprint density at radius 3 is 2.64 bits per heavy atom. The second-order valence-corrected chi connectivity index (χ2v) is 10.9. The first-order valence-corrected chi connectivity index (χ1v) is 10.3. The van der Waals surface area contributed by atoms with E-state index in [0.29, 0.717) is 17.8 Å². The van der Waals surface area contributed by atoms with Crippen LogP contribution in [0.1, 0.15) is 13.3 Å². The molecular weight excluding hydrogens is 303 g/mol. The molecule has 3 N–H and O–H groups in total. The van der Waals surface area contributed by atoms with Gasteiger partial charge in [-0.25, -0.2) is 0 Å². The molecule has 0 aromatic rings. The quantitative estimate of drug-likeness (QED) is 0.648. The van der Waals surface area contributed by atoms with Crippen LogP contribution in [0.4, 0.5) is 0 Å². The summed E-state index contributed by atoms with van der Waals surface area (Å²) in [5.74, 6) is 0.104. The monoisotopic (exact) mass is 328 g/mol. The number of hydrogen-bond donors (Lipinski definition) is 3. The third-order valence-electron chi connectivity index (χ3n) is 3.89. The third kappa shape index (κ3) is 3.63. The Labute approximate surface area is 131 Å². The van der Waals surface area contributed by atoms with Crippen LogP contribution in [-0.4, -0.2) is 71.4 Å². The van der Waals surface area contributed by atoms with Crippen molar-refractivity contribution >= 4 is 19.1 Å². The molecule has 4 atom stereocenters. The fraction of sp³-hybridized carbons (Fsp3) is 0.600. The second kappa shape index (κ2) is 6.20. The van der Waals surface area contributed by atoms with Gasteiger partial charge in [-0.2, -0.15) is 0 Å². The lowest BCUT2D eigenvalue weighted by Crippen LogP contribution is -2.47. The highest BCUT2D eigenvalue weighted by molar-refractivity contribution is 7.72. The minimum Gasteiger partial charge on any atom is -0.388 e. The predicted octanol–water partition coefficient (Wildman–Crippen LogP) is 0.339. The van der Waals surface area contributed by atoms with E-state index in [2.05, 4.69) is 31.5 Å². The summed E-state index contributed by atoms with van der Waals surface area (Å²) < 4.78 is 5.83. The van der Waals surface area contributed by atoms with Gasteiger partial charge in [-0.05, 0) is 32.8 Å². The first kappa shape index (κ1) is 17.3. The molecule has 2 heterocycles. The Hall–Kier alpha value is -1.07. The van der Waals surface area contributed by atoms with Gasteiger partial charge in [0.25, 0.3) is 5.91 Å². The smallest absolute Gasteiger partial charge is 0.253 e. The highest BCUT2D eigenvalue weighted by Gasteiger charge is 2.46. The molecule has 22 heavy (non-hydrogen) atoms. The Balaban J connectivity index is 2.11. The molecular formula is C15H25N2O4P. The van der Waals surface area contributed by atoms with Crippen molar-refractivity contribution in [3.8, 4) is 0 Å². The molecule has 0 radical (unpaired) electrons. The minimum absolute atomic E-state index is 0.227. The molecule has 2 aliphatic heterocycles. The summed E-state index contributed by atoms with van der Waals surface area (Å²) in [7, 11) is 0. The van der Waals surface area contributed by atoms with Crippen molar-refractivity contribution in [1.29, 1.82) is 0 Å². The highest BCUT2D eigenvalue weighted by atomic mass is 31.2. The maximum Gasteiger partial charge on any atom is 0.253 e. The normalized spacial score (nSPS) is 33.0. The number of nitrogens with zero attached hydrogens (tertiary/aromatic N) is 1. The number of ether oxygens (including phenoxy) is 1. The number of carbonyl (C=O) groups excluding carboxylic acids is 1. The number of amides is 1. The van der Waals surface area contributed by atoms with Crippen LogP contribution in [0.25, 0.3) is 0 Å². The van der Waals surface area contributed by atoms with E-state index in [4.69, 9.17) is 4.74 Å². The van der Waals surface area contributed by atoms with Gasteiger partial charge in [0, 0.05) is 11.8 Å². The lowest BCUT2D eigenvalue weighted by molar-refractivity contribution is -0.119. The summed E-state index contributed by atoms with van der Waals surface area (Å²) in [5.41, 5.74) is 0.492. The van der Waals surface area contributed by atoms with E-state index >= 15 is 0 Å². The molecule has 0 aromatic carbocycles. The molecule has 124 valence electrons. The summed E-state index contributed by atoms with van der Waals surface area (Å²) >= 11 is 0. The molecule has 2 rings (SSSR count). The van der Waals surface area contributed by atoms with Gasteiger partial charge in [0.05, 0.1) is 6.10 Å². The molecule has 0 bridgehead atoms. The Morgan fingerprint density at radius 1 is 1.41 bits per heavy atom. The average molecular weight is 328 g/mol. The van der Waals surface area contributed by atoms with Gasteiger partial charge in [-0.1, -0.05) is 6.58 Å². The standard InChI is InChI=1S/C15H25N2O4P/c1-9-8-17(10(2)16-14(9)20)15-13(19)12(18)11(21-15)6-7-22(3,4)5/h8,11-13,15,18-19H,2-3,6-7H2,1,4-5H3,(H,16,20)/t11?,12-,13-,15?/m1/s1. The van der Waals surface area contributed by atoms with E-state index in [0.717, 1.165) is 6.16 Å². The minimum atomic E-state index is -1.22. The number of rotatable bonds is 4. The van der Waals surface area contributed by atoms with Crippen molar-refractivity contribution < 1.29 is 19.7 Å². The summed E-state index contributed by atoms with van der Waals surface area (Å²) in [6.45, 7) is 8.46. The van der Waals surface area contributed by atoms with Gasteiger partial charge in [0.15, 0.2) is 6.23 Å². The van der Waals surface area contributed by atoms with E-state index in [1.165, 1.54) is 0 Å².